The van der Waals surface area contributed by atoms with Gasteiger partial charge in [0.1, 0.15) is 12.4 Å². The number of piperidine rings is 1. The summed E-state index contributed by atoms with van der Waals surface area (Å²) in [5.41, 5.74) is 6.21. The highest BCUT2D eigenvalue weighted by Gasteiger charge is 2.23. The first kappa shape index (κ1) is 13.7. The zero-order chi connectivity index (χ0) is 13.0. The van der Waals surface area contributed by atoms with Crippen LogP contribution in [0.25, 0.3) is 0 Å². The number of nitrogens with zero attached hydrogens (tertiary/aromatic N) is 1. The van der Waals surface area contributed by atoms with Gasteiger partial charge in [0.25, 0.3) is 0 Å². The van der Waals surface area contributed by atoms with Gasteiger partial charge in [-0.2, -0.15) is 0 Å². The summed E-state index contributed by atoms with van der Waals surface area (Å²) in [5.74, 6) is 1.28. The van der Waals surface area contributed by atoms with Gasteiger partial charge in [-0.15, -0.1) is 0 Å². The highest BCUT2D eigenvalue weighted by atomic mass is 35.5. The van der Waals surface area contributed by atoms with E-state index < -0.39 is 0 Å². The molecule has 0 saturated carbocycles. The molecule has 1 aliphatic rings. The van der Waals surface area contributed by atoms with Gasteiger partial charge in [-0.1, -0.05) is 23.7 Å². The van der Waals surface area contributed by atoms with Crippen LogP contribution in [-0.2, 0) is 0 Å². The number of para-hydroxylation sites is 1. The van der Waals surface area contributed by atoms with Crippen LogP contribution in [0, 0.1) is 5.92 Å². The Morgan fingerprint density at radius 1 is 1.39 bits per heavy atom. The lowest BCUT2D eigenvalue weighted by Gasteiger charge is -2.32. The highest BCUT2D eigenvalue weighted by molar-refractivity contribution is 6.32. The van der Waals surface area contributed by atoms with E-state index in [1.54, 1.807) is 0 Å². The van der Waals surface area contributed by atoms with Crippen LogP contribution in [0.4, 0.5) is 0 Å². The minimum atomic E-state index is 0.0926. The normalized spacial score (nSPS) is 19.7. The van der Waals surface area contributed by atoms with Gasteiger partial charge in [0.05, 0.1) is 5.02 Å². The van der Waals surface area contributed by atoms with E-state index in [1.807, 2.05) is 24.3 Å². The van der Waals surface area contributed by atoms with E-state index in [9.17, 15) is 0 Å². The Kier molecular flexibility index (Phi) is 4.87. The van der Waals surface area contributed by atoms with E-state index in [0.717, 1.165) is 31.7 Å². The molecule has 0 aliphatic carbocycles. The van der Waals surface area contributed by atoms with Crippen LogP contribution in [0.5, 0.6) is 5.75 Å². The number of likely N-dealkylation sites (tertiary alicyclic amines) is 1. The molecule has 1 fully saturated rings. The predicted molar refractivity (Wildman–Crippen MR) is 75.1 cm³/mol. The largest absolute Gasteiger partial charge is 0.490 e. The summed E-state index contributed by atoms with van der Waals surface area (Å²) in [4.78, 5) is 2.35. The third-order valence-corrected chi connectivity index (χ3v) is 3.95. The van der Waals surface area contributed by atoms with Gasteiger partial charge in [-0.05, 0) is 51.0 Å². The van der Waals surface area contributed by atoms with Crippen molar-refractivity contribution >= 4 is 11.6 Å². The van der Waals surface area contributed by atoms with Gasteiger partial charge >= 0.3 is 0 Å². The predicted octanol–water partition coefficient (Wildman–Crippen LogP) is 2.39. The van der Waals surface area contributed by atoms with E-state index in [-0.39, 0.29) is 6.04 Å². The van der Waals surface area contributed by atoms with Crippen molar-refractivity contribution in [3.63, 3.8) is 0 Å². The molecule has 1 aromatic rings. The number of ether oxygens (including phenoxy) is 1. The first-order valence-electron chi connectivity index (χ1n) is 6.48. The fraction of sp³-hybridized carbons (Fsp3) is 0.571. The Balaban J connectivity index is 1.81. The lowest BCUT2D eigenvalue weighted by atomic mass is 9.90. The van der Waals surface area contributed by atoms with Crippen LogP contribution >= 0.6 is 11.6 Å². The summed E-state index contributed by atoms with van der Waals surface area (Å²) in [6, 6.07) is 7.62. The van der Waals surface area contributed by atoms with Crippen molar-refractivity contribution < 1.29 is 4.74 Å². The zero-order valence-corrected chi connectivity index (χ0v) is 11.6. The van der Waals surface area contributed by atoms with Crippen molar-refractivity contribution in [2.24, 2.45) is 11.7 Å². The van der Waals surface area contributed by atoms with Gasteiger partial charge in [0.15, 0.2) is 0 Å². The van der Waals surface area contributed by atoms with E-state index >= 15 is 0 Å². The number of hydrogen-bond acceptors (Lipinski definition) is 3. The Morgan fingerprint density at radius 2 is 2.06 bits per heavy atom. The maximum Gasteiger partial charge on any atom is 0.137 e. The summed E-state index contributed by atoms with van der Waals surface area (Å²) < 4.78 is 5.71. The molecule has 3 nitrogen and oxygen atoms in total. The monoisotopic (exact) mass is 268 g/mol. The van der Waals surface area contributed by atoms with E-state index in [2.05, 4.69) is 11.9 Å². The minimum absolute atomic E-state index is 0.0926. The molecule has 1 saturated heterocycles. The third kappa shape index (κ3) is 3.61. The molecule has 0 amide bonds. The van der Waals surface area contributed by atoms with E-state index in [0.29, 0.717) is 17.5 Å². The minimum Gasteiger partial charge on any atom is -0.490 e. The molecule has 1 atom stereocenters. The fourth-order valence-corrected chi connectivity index (χ4v) is 2.53. The summed E-state index contributed by atoms with van der Waals surface area (Å²) in [6.45, 7) is 2.80. The smallest absolute Gasteiger partial charge is 0.137 e. The van der Waals surface area contributed by atoms with Crippen LogP contribution in [0.3, 0.4) is 0 Å². The van der Waals surface area contributed by atoms with Crippen LogP contribution in [0.15, 0.2) is 24.3 Å². The quantitative estimate of drug-likeness (QED) is 0.911. The number of halogens is 1. The van der Waals surface area contributed by atoms with Gasteiger partial charge in [-0.25, -0.2) is 0 Å². The van der Waals surface area contributed by atoms with Gasteiger partial charge in [0.2, 0.25) is 0 Å². The van der Waals surface area contributed by atoms with E-state index in [4.69, 9.17) is 22.1 Å². The number of nitrogens with two attached hydrogens (primary N) is 1. The van der Waals surface area contributed by atoms with Gasteiger partial charge in [-0.3, -0.25) is 0 Å². The van der Waals surface area contributed by atoms with E-state index in [1.165, 1.54) is 0 Å². The molecular formula is C14H21ClN2O. The van der Waals surface area contributed by atoms with Gasteiger partial charge in [0, 0.05) is 6.04 Å². The summed E-state index contributed by atoms with van der Waals surface area (Å²) in [6.07, 6.45) is 2.31. The van der Waals surface area contributed by atoms with Crippen LogP contribution in [0.1, 0.15) is 12.8 Å². The summed E-state index contributed by atoms with van der Waals surface area (Å²) in [7, 11) is 2.15. The molecule has 18 heavy (non-hydrogen) atoms. The van der Waals surface area contributed by atoms with Crippen LogP contribution in [0.2, 0.25) is 5.02 Å². The molecule has 1 unspecified atom stereocenters. The molecule has 1 aliphatic heterocycles. The topological polar surface area (TPSA) is 38.5 Å². The number of benzene rings is 1. The maximum absolute atomic E-state index is 6.21. The van der Waals surface area contributed by atoms with Crippen molar-refractivity contribution in [3.8, 4) is 5.75 Å². The highest BCUT2D eigenvalue weighted by Crippen LogP contribution is 2.24. The Hall–Kier alpha value is -0.770. The van der Waals surface area contributed by atoms with Crippen LogP contribution in [-0.4, -0.2) is 37.7 Å². The Morgan fingerprint density at radius 3 is 2.72 bits per heavy atom. The lowest BCUT2D eigenvalue weighted by Crippen LogP contribution is -2.42. The van der Waals surface area contributed by atoms with Crippen molar-refractivity contribution in [1.82, 2.24) is 4.90 Å². The lowest BCUT2D eigenvalue weighted by molar-refractivity contribution is 0.167. The SMILES string of the molecule is CN1CCC(C(N)COc2ccccc2Cl)CC1. The molecule has 1 aromatic carbocycles. The van der Waals surface area contributed by atoms with Crippen molar-refractivity contribution in [2.75, 3.05) is 26.7 Å². The number of hydrogen-bond donors (Lipinski definition) is 1. The second kappa shape index (κ2) is 6.41. The molecule has 4 heteroatoms. The molecule has 0 bridgehead atoms. The van der Waals surface area contributed by atoms with Gasteiger partial charge < -0.3 is 15.4 Å². The standard InChI is InChI=1S/C14H21ClN2O/c1-17-8-6-11(7-9-17)13(16)10-18-14-5-3-2-4-12(14)15/h2-5,11,13H,6-10,16H2,1H3. The second-order valence-corrected chi connectivity index (χ2v) is 5.45. The molecule has 2 rings (SSSR count). The molecular weight excluding hydrogens is 248 g/mol. The molecule has 0 aromatic heterocycles. The average Bonchev–Trinajstić information content (AvgIpc) is 2.38. The maximum atomic E-state index is 6.21. The molecule has 100 valence electrons. The molecule has 1 heterocycles. The van der Waals surface area contributed by atoms with Crippen molar-refractivity contribution in [3.05, 3.63) is 29.3 Å². The summed E-state index contributed by atoms with van der Waals surface area (Å²) >= 11 is 6.04. The average molecular weight is 269 g/mol. The van der Waals surface area contributed by atoms with Crippen LogP contribution < -0.4 is 10.5 Å². The number of rotatable bonds is 4. The molecule has 0 radical (unpaired) electrons. The second-order valence-electron chi connectivity index (χ2n) is 5.05. The first-order valence-corrected chi connectivity index (χ1v) is 6.86. The third-order valence-electron chi connectivity index (χ3n) is 3.64. The van der Waals surface area contributed by atoms with Crippen molar-refractivity contribution in [2.45, 2.75) is 18.9 Å². The first-order chi connectivity index (χ1) is 8.66. The fourth-order valence-electron chi connectivity index (χ4n) is 2.34. The molecule has 2 N–H and O–H groups in total. The van der Waals surface area contributed by atoms with Crippen molar-refractivity contribution in [1.29, 1.82) is 0 Å². The Bertz CT molecular complexity index is 378. The molecule has 0 spiro atoms. The summed E-state index contributed by atoms with van der Waals surface area (Å²) in [5, 5.41) is 0.646. The Labute approximate surface area is 114 Å². The zero-order valence-electron chi connectivity index (χ0n) is 10.8.